The van der Waals surface area contributed by atoms with E-state index in [0.717, 1.165) is 11.3 Å². The molecule has 21 heavy (non-hydrogen) atoms. The molecule has 2 aromatic rings. The molecule has 1 aromatic carbocycles. The fraction of sp³-hybridized carbons (Fsp3) is 0.556. The van der Waals surface area contributed by atoms with Gasteiger partial charge in [-0.1, -0.05) is 25.5 Å². The Bertz CT molecular complexity index is 619. The number of nitrogens with one attached hydrogen (secondary N) is 1. The molecule has 1 aliphatic rings. The Morgan fingerprint density at radius 3 is 2.62 bits per heavy atom. The first-order valence-corrected chi connectivity index (χ1v) is 7.95. The van der Waals surface area contributed by atoms with Gasteiger partial charge in [-0.3, -0.25) is 5.84 Å². The molecule has 114 valence electrons. The number of fused-ring (bicyclic) bond motifs is 1. The van der Waals surface area contributed by atoms with Crippen molar-refractivity contribution < 1.29 is 4.42 Å². The summed E-state index contributed by atoms with van der Waals surface area (Å²) in [5.74, 6) is 7.38. The Morgan fingerprint density at radius 2 is 1.95 bits per heavy atom. The first-order valence-electron chi connectivity index (χ1n) is 7.95. The van der Waals surface area contributed by atoms with E-state index in [4.69, 9.17) is 10.3 Å². The maximum Gasteiger partial charge on any atom is 0.134 e. The summed E-state index contributed by atoms with van der Waals surface area (Å²) in [5, 5.41) is 1.17. The third kappa shape index (κ3) is 2.99. The summed E-state index contributed by atoms with van der Waals surface area (Å²) < 4.78 is 6.04. The van der Waals surface area contributed by atoms with Gasteiger partial charge >= 0.3 is 0 Å². The summed E-state index contributed by atoms with van der Waals surface area (Å²) >= 11 is 0. The molecular formula is C18H26N2O. The van der Waals surface area contributed by atoms with Gasteiger partial charge in [0.2, 0.25) is 0 Å². The van der Waals surface area contributed by atoms with Crippen molar-refractivity contribution in [3.05, 3.63) is 35.6 Å². The minimum Gasteiger partial charge on any atom is -0.459 e. The van der Waals surface area contributed by atoms with Crippen LogP contribution >= 0.6 is 0 Å². The zero-order chi connectivity index (χ0) is 15.0. The second kappa shape index (κ2) is 5.47. The molecule has 3 heteroatoms. The molecule has 1 atom stereocenters. The second-order valence-electron chi connectivity index (χ2n) is 7.34. The van der Waals surface area contributed by atoms with E-state index in [1.807, 2.05) is 6.07 Å². The van der Waals surface area contributed by atoms with Gasteiger partial charge in [-0.05, 0) is 62.1 Å². The van der Waals surface area contributed by atoms with Crippen LogP contribution in [0.5, 0.6) is 0 Å². The Labute approximate surface area is 126 Å². The lowest BCUT2D eigenvalue weighted by atomic mass is 9.71. The van der Waals surface area contributed by atoms with Gasteiger partial charge in [0.25, 0.3) is 0 Å². The van der Waals surface area contributed by atoms with Gasteiger partial charge < -0.3 is 4.42 Å². The van der Waals surface area contributed by atoms with Crippen LogP contribution in [0.1, 0.15) is 56.9 Å². The molecule has 1 heterocycles. The number of aryl methyl sites for hydroxylation is 1. The van der Waals surface area contributed by atoms with Gasteiger partial charge in [0.1, 0.15) is 11.3 Å². The molecule has 0 saturated heterocycles. The first kappa shape index (κ1) is 14.6. The number of hydrazine groups is 1. The Balaban J connectivity index is 1.84. The van der Waals surface area contributed by atoms with Crippen LogP contribution in [-0.4, -0.2) is 0 Å². The van der Waals surface area contributed by atoms with E-state index in [-0.39, 0.29) is 6.04 Å². The van der Waals surface area contributed by atoms with E-state index < -0.39 is 0 Å². The molecule has 0 radical (unpaired) electrons. The van der Waals surface area contributed by atoms with Crippen molar-refractivity contribution in [3.8, 4) is 0 Å². The van der Waals surface area contributed by atoms with Gasteiger partial charge in [0, 0.05) is 5.39 Å². The molecule has 3 N–H and O–H groups in total. The van der Waals surface area contributed by atoms with E-state index in [2.05, 4.69) is 44.4 Å². The highest BCUT2D eigenvalue weighted by atomic mass is 16.3. The largest absolute Gasteiger partial charge is 0.459 e. The lowest BCUT2D eigenvalue weighted by Gasteiger charge is -2.37. The number of hydrogen-bond acceptors (Lipinski definition) is 3. The van der Waals surface area contributed by atoms with Gasteiger partial charge in [0.15, 0.2) is 0 Å². The first-order chi connectivity index (χ1) is 9.98. The Hall–Kier alpha value is -1.32. The normalized spacial score (nSPS) is 20.8. The summed E-state index contributed by atoms with van der Waals surface area (Å²) in [5.41, 5.74) is 5.68. The third-order valence-electron chi connectivity index (χ3n) is 5.03. The van der Waals surface area contributed by atoms with Crippen molar-refractivity contribution in [2.24, 2.45) is 17.2 Å². The van der Waals surface area contributed by atoms with E-state index >= 15 is 0 Å². The van der Waals surface area contributed by atoms with Crippen molar-refractivity contribution in [1.29, 1.82) is 0 Å². The molecule has 0 amide bonds. The van der Waals surface area contributed by atoms with Crippen LogP contribution in [0.15, 0.2) is 28.7 Å². The van der Waals surface area contributed by atoms with Gasteiger partial charge in [-0.25, -0.2) is 5.43 Å². The molecule has 0 bridgehead atoms. The maximum absolute atomic E-state index is 6.04. The van der Waals surface area contributed by atoms with Crippen LogP contribution in [-0.2, 0) is 0 Å². The van der Waals surface area contributed by atoms with Crippen LogP contribution < -0.4 is 11.3 Å². The highest BCUT2D eigenvalue weighted by molar-refractivity contribution is 5.78. The highest BCUT2D eigenvalue weighted by Crippen LogP contribution is 2.43. The molecule has 0 spiro atoms. The molecular weight excluding hydrogens is 260 g/mol. The SMILES string of the molecule is Cc1ccc2oc(C(NN)C3CCC(C)(C)CC3)cc2c1. The fourth-order valence-electron chi connectivity index (χ4n) is 3.54. The number of hydrogen-bond donors (Lipinski definition) is 2. The molecule has 1 fully saturated rings. The minimum absolute atomic E-state index is 0.119. The molecule has 3 nitrogen and oxygen atoms in total. The average molecular weight is 286 g/mol. The zero-order valence-electron chi connectivity index (χ0n) is 13.3. The standard InChI is InChI=1S/C18H26N2O/c1-12-4-5-15-14(10-12)11-16(21-15)17(20-19)13-6-8-18(2,3)9-7-13/h4-5,10-11,13,17,20H,6-9,19H2,1-3H3. The lowest BCUT2D eigenvalue weighted by molar-refractivity contribution is 0.153. The molecule has 1 unspecified atom stereocenters. The molecule has 1 aromatic heterocycles. The van der Waals surface area contributed by atoms with Crippen molar-refractivity contribution >= 4 is 11.0 Å². The van der Waals surface area contributed by atoms with Crippen molar-refractivity contribution in [2.75, 3.05) is 0 Å². The van der Waals surface area contributed by atoms with Gasteiger partial charge in [0.05, 0.1) is 6.04 Å². The predicted molar refractivity (Wildman–Crippen MR) is 86.8 cm³/mol. The highest BCUT2D eigenvalue weighted by Gasteiger charge is 2.33. The smallest absolute Gasteiger partial charge is 0.134 e. The van der Waals surface area contributed by atoms with Gasteiger partial charge in [-0.15, -0.1) is 0 Å². The topological polar surface area (TPSA) is 51.2 Å². The lowest BCUT2D eigenvalue weighted by Crippen LogP contribution is -2.36. The fourth-order valence-corrected chi connectivity index (χ4v) is 3.54. The van der Waals surface area contributed by atoms with Crippen LogP contribution in [0.4, 0.5) is 0 Å². The molecule has 0 aliphatic heterocycles. The summed E-state index contributed by atoms with van der Waals surface area (Å²) in [6.45, 7) is 6.82. The van der Waals surface area contributed by atoms with Crippen LogP contribution in [0.3, 0.4) is 0 Å². The van der Waals surface area contributed by atoms with Crippen LogP contribution in [0.25, 0.3) is 11.0 Å². The van der Waals surface area contributed by atoms with Crippen LogP contribution in [0.2, 0.25) is 0 Å². The second-order valence-corrected chi connectivity index (χ2v) is 7.34. The van der Waals surface area contributed by atoms with Crippen molar-refractivity contribution in [3.63, 3.8) is 0 Å². The summed E-state index contributed by atoms with van der Waals surface area (Å²) in [7, 11) is 0. The quantitative estimate of drug-likeness (QED) is 0.647. The maximum atomic E-state index is 6.04. The minimum atomic E-state index is 0.119. The van der Waals surface area contributed by atoms with Crippen molar-refractivity contribution in [2.45, 2.75) is 52.5 Å². The monoisotopic (exact) mass is 286 g/mol. The van der Waals surface area contributed by atoms with Gasteiger partial charge in [-0.2, -0.15) is 0 Å². The zero-order valence-corrected chi connectivity index (χ0v) is 13.3. The van der Waals surface area contributed by atoms with E-state index in [9.17, 15) is 0 Å². The molecule has 1 aliphatic carbocycles. The Kier molecular flexibility index (Phi) is 3.80. The number of benzene rings is 1. The third-order valence-corrected chi connectivity index (χ3v) is 5.03. The van der Waals surface area contributed by atoms with E-state index in [1.54, 1.807) is 0 Å². The average Bonchev–Trinajstić information content (AvgIpc) is 2.84. The molecule has 3 rings (SSSR count). The number of rotatable bonds is 3. The summed E-state index contributed by atoms with van der Waals surface area (Å²) in [6.07, 6.45) is 4.93. The van der Waals surface area contributed by atoms with E-state index in [1.165, 1.54) is 36.6 Å². The number of nitrogens with two attached hydrogens (primary N) is 1. The predicted octanol–water partition coefficient (Wildman–Crippen LogP) is 4.46. The summed E-state index contributed by atoms with van der Waals surface area (Å²) in [4.78, 5) is 0. The Morgan fingerprint density at radius 1 is 1.24 bits per heavy atom. The van der Waals surface area contributed by atoms with Crippen molar-refractivity contribution in [1.82, 2.24) is 5.43 Å². The van der Waals surface area contributed by atoms with Crippen LogP contribution in [0, 0.1) is 18.3 Å². The number of furan rings is 1. The molecule has 1 saturated carbocycles. The summed E-state index contributed by atoms with van der Waals surface area (Å²) in [6, 6.07) is 8.57. The van der Waals surface area contributed by atoms with E-state index in [0.29, 0.717) is 11.3 Å².